The molecule has 1 fully saturated rings. The lowest BCUT2D eigenvalue weighted by Crippen LogP contribution is -2.50. The Balaban J connectivity index is 1.54. The van der Waals surface area contributed by atoms with E-state index in [2.05, 4.69) is 17.0 Å². The fourth-order valence-corrected chi connectivity index (χ4v) is 4.29. The maximum absolute atomic E-state index is 13.4. The topological polar surface area (TPSA) is 23.6 Å². The number of rotatable bonds is 4. The van der Waals surface area contributed by atoms with E-state index in [-0.39, 0.29) is 11.6 Å². The molecule has 0 aromatic heterocycles. The van der Waals surface area contributed by atoms with E-state index >= 15 is 0 Å². The number of halogens is 4. The quantitative estimate of drug-likeness (QED) is 0.485. The predicted molar refractivity (Wildman–Crippen MR) is 119 cm³/mol. The molecule has 1 aliphatic rings. The van der Waals surface area contributed by atoms with E-state index in [9.17, 15) is 18.0 Å². The van der Waals surface area contributed by atoms with Gasteiger partial charge in [-0.1, -0.05) is 66.2 Å². The molecule has 1 saturated heterocycles. The lowest BCUT2D eigenvalue weighted by molar-refractivity contribution is -0.138. The fraction of sp³-hybridized carbons (Fsp3) is 0.240. The van der Waals surface area contributed by atoms with Gasteiger partial charge in [-0.05, 0) is 35.4 Å². The highest BCUT2D eigenvalue weighted by molar-refractivity contribution is 6.30. The third kappa shape index (κ3) is 4.81. The average molecular weight is 459 g/mol. The number of benzene rings is 3. The zero-order valence-electron chi connectivity index (χ0n) is 17.2. The summed E-state index contributed by atoms with van der Waals surface area (Å²) in [6.45, 7) is 1.79. The number of piperazine rings is 1. The third-order valence-corrected chi connectivity index (χ3v) is 5.98. The maximum atomic E-state index is 13.4. The second kappa shape index (κ2) is 9.35. The SMILES string of the molecule is O=C(c1ccccc1C(F)(F)F)N1CCN(C(c2ccccc2)c2ccc(Cl)cc2)CC1. The Morgan fingerprint density at radius 3 is 1.97 bits per heavy atom. The lowest BCUT2D eigenvalue weighted by atomic mass is 9.96. The van der Waals surface area contributed by atoms with Crippen LogP contribution in [0.4, 0.5) is 13.2 Å². The standard InChI is InChI=1S/C25H22ClF3N2O/c26-20-12-10-19(11-13-20)23(18-6-2-1-3-7-18)30-14-16-31(17-15-30)24(32)21-8-4-5-9-22(21)25(27,28)29/h1-13,23H,14-17H2. The Bertz CT molecular complexity index is 1060. The van der Waals surface area contributed by atoms with E-state index in [0.29, 0.717) is 31.2 Å². The molecule has 3 aromatic rings. The summed E-state index contributed by atoms with van der Waals surface area (Å²) in [4.78, 5) is 16.7. The smallest absolute Gasteiger partial charge is 0.336 e. The molecule has 4 rings (SSSR count). The molecule has 1 aliphatic heterocycles. The third-order valence-electron chi connectivity index (χ3n) is 5.73. The van der Waals surface area contributed by atoms with Crippen LogP contribution >= 0.6 is 11.6 Å². The summed E-state index contributed by atoms with van der Waals surface area (Å²) in [6, 6.07) is 22.6. The second-order valence-corrected chi connectivity index (χ2v) is 8.17. The number of nitrogens with zero attached hydrogens (tertiary/aromatic N) is 2. The maximum Gasteiger partial charge on any atom is 0.417 e. The Morgan fingerprint density at radius 2 is 1.34 bits per heavy atom. The van der Waals surface area contributed by atoms with E-state index < -0.39 is 17.6 Å². The van der Waals surface area contributed by atoms with Gasteiger partial charge in [-0.15, -0.1) is 0 Å². The van der Waals surface area contributed by atoms with Gasteiger partial charge in [0.1, 0.15) is 0 Å². The molecule has 166 valence electrons. The van der Waals surface area contributed by atoms with Gasteiger partial charge in [0.05, 0.1) is 17.2 Å². The summed E-state index contributed by atoms with van der Waals surface area (Å²) in [5.41, 5.74) is 0.987. The minimum atomic E-state index is -4.57. The van der Waals surface area contributed by atoms with Crippen molar-refractivity contribution in [2.24, 2.45) is 0 Å². The fourth-order valence-electron chi connectivity index (χ4n) is 4.16. The molecule has 0 saturated carbocycles. The molecular weight excluding hydrogens is 437 g/mol. The molecule has 1 atom stereocenters. The summed E-state index contributed by atoms with van der Waals surface area (Å²) in [5, 5.41) is 0.652. The number of alkyl halides is 3. The molecule has 0 spiro atoms. The molecule has 1 heterocycles. The van der Waals surface area contributed by atoms with Crippen molar-refractivity contribution in [3.8, 4) is 0 Å². The van der Waals surface area contributed by atoms with Crippen LogP contribution in [-0.2, 0) is 6.18 Å². The van der Waals surface area contributed by atoms with Gasteiger partial charge in [-0.25, -0.2) is 0 Å². The minimum absolute atomic E-state index is 0.0341. The minimum Gasteiger partial charge on any atom is -0.336 e. The molecule has 3 nitrogen and oxygen atoms in total. The molecule has 7 heteroatoms. The number of carbonyl (C=O) groups is 1. The van der Waals surface area contributed by atoms with E-state index in [4.69, 9.17) is 11.6 Å². The number of hydrogen-bond donors (Lipinski definition) is 0. The molecule has 0 bridgehead atoms. The largest absolute Gasteiger partial charge is 0.417 e. The second-order valence-electron chi connectivity index (χ2n) is 7.74. The Kier molecular flexibility index (Phi) is 6.53. The van der Waals surface area contributed by atoms with Crippen molar-refractivity contribution >= 4 is 17.5 Å². The normalized spacial score (nSPS) is 16.1. The van der Waals surface area contributed by atoms with Gasteiger partial charge in [0.25, 0.3) is 5.91 Å². The molecule has 0 N–H and O–H groups in total. The van der Waals surface area contributed by atoms with Crippen LogP contribution in [0, 0.1) is 0 Å². The van der Waals surface area contributed by atoms with Crippen LogP contribution in [0.1, 0.15) is 33.1 Å². The van der Waals surface area contributed by atoms with E-state index in [1.165, 1.54) is 23.1 Å². The lowest BCUT2D eigenvalue weighted by Gasteiger charge is -2.40. The molecule has 1 unspecified atom stereocenters. The van der Waals surface area contributed by atoms with Crippen molar-refractivity contribution in [3.63, 3.8) is 0 Å². The van der Waals surface area contributed by atoms with Crippen LogP contribution in [0.15, 0.2) is 78.9 Å². The first-order chi connectivity index (χ1) is 15.3. The molecule has 0 aliphatic carbocycles. The van der Waals surface area contributed by atoms with Gasteiger partial charge >= 0.3 is 6.18 Å². The molecule has 1 amide bonds. The van der Waals surface area contributed by atoms with Gasteiger partial charge in [0.2, 0.25) is 0 Å². The van der Waals surface area contributed by atoms with Crippen LogP contribution < -0.4 is 0 Å². The summed E-state index contributed by atoms with van der Waals surface area (Å²) < 4.78 is 40.1. The van der Waals surface area contributed by atoms with Gasteiger partial charge < -0.3 is 4.90 Å². The highest BCUT2D eigenvalue weighted by Crippen LogP contribution is 2.33. The summed E-state index contributed by atoms with van der Waals surface area (Å²) in [7, 11) is 0. The predicted octanol–water partition coefficient (Wildman–Crippen LogP) is 5.91. The van der Waals surface area contributed by atoms with Crippen LogP contribution in [0.2, 0.25) is 5.02 Å². The highest BCUT2D eigenvalue weighted by Gasteiger charge is 2.37. The van der Waals surface area contributed by atoms with Crippen LogP contribution in [-0.4, -0.2) is 41.9 Å². The Hall–Kier alpha value is -2.83. The van der Waals surface area contributed by atoms with Crippen molar-refractivity contribution in [2.75, 3.05) is 26.2 Å². The van der Waals surface area contributed by atoms with Crippen molar-refractivity contribution in [3.05, 3.63) is 106 Å². The van der Waals surface area contributed by atoms with Gasteiger partial charge in [-0.2, -0.15) is 13.2 Å². The van der Waals surface area contributed by atoms with E-state index in [1.807, 2.05) is 42.5 Å². The van der Waals surface area contributed by atoms with E-state index in [0.717, 1.165) is 17.2 Å². The van der Waals surface area contributed by atoms with Gasteiger partial charge in [-0.3, -0.25) is 9.69 Å². The van der Waals surface area contributed by atoms with Crippen molar-refractivity contribution < 1.29 is 18.0 Å². The number of amides is 1. The zero-order chi connectivity index (χ0) is 22.7. The van der Waals surface area contributed by atoms with Crippen molar-refractivity contribution in [1.82, 2.24) is 9.80 Å². The monoisotopic (exact) mass is 458 g/mol. The van der Waals surface area contributed by atoms with E-state index in [1.54, 1.807) is 0 Å². The molecule has 32 heavy (non-hydrogen) atoms. The summed E-state index contributed by atoms with van der Waals surface area (Å²) in [6.07, 6.45) is -4.57. The first kappa shape index (κ1) is 22.4. The van der Waals surface area contributed by atoms with Crippen molar-refractivity contribution in [2.45, 2.75) is 12.2 Å². The number of hydrogen-bond acceptors (Lipinski definition) is 2. The van der Waals surface area contributed by atoms with Crippen LogP contribution in [0.5, 0.6) is 0 Å². The zero-order valence-corrected chi connectivity index (χ0v) is 18.0. The first-order valence-electron chi connectivity index (χ1n) is 10.3. The number of carbonyl (C=O) groups excluding carboxylic acids is 1. The average Bonchev–Trinajstić information content (AvgIpc) is 2.81. The Labute approximate surface area is 190 Å². The van der Waals surface area contributed by atoms with Gasteiger partial charge in [0, 0.05) is 31.2 Å². The molecule has 3 aromatic carbocycles. The molecule has 0 radical (unpaired) electrons. The Morgan fingerprint density at radius 1 is 0.781 bits per heavy atom. The molecular formula is C25H22ClF3N2O. The van der Waals surface area contributed by atoms with Crippen LogP contribution in [0.3, 0.4) is 0 Å². The highest BCUT2D eigenvalue weighted by atomic mass is 35.5. The summed E-state index contributed by atoms with van der Waals surface area (Å²) in [5.74, 6) is -0.583. The summed E-state index contributed by atoms with van der Waals surface area (Å²) >= 11 is 6.07. The van der Waals surface area contributed by atoms with Crippen LogP contribution in [0.25, 0.3) is 0 Å². The first-order valence-corrected chi connectivity index (χ1v) is 10.7. The van der Waals surface area contributed by atoms with Gasteiger partial charge in [0.15, 0.2) is 0 Å². The van der Waals surface area contributed by atoms with Crippen molar-refractivity contribution in [1.29, 1.82) is 0 Å².